The van der Waals surface area contributed by atoms with Crippen molar-refractivity contribution in [2.45, 2.75) is 59.9 Å². The van der Waals surface area contributed by atoms with E-state index in [0.29, 0.717) is 0 Å². The molecule has 0 aromatic heterocycles. The Hall–Kier alpha value is -1.44. The van der Waals surface area contributed by atoms with Gasteiger partial charge in [-0.05, 0) is 38.0 Å². The van der Waals surface area contributed by atoms with Crippen molar-refractivity contribution in [3.8, 4) is 0 Å². The van der Waals surface area contributed by atoms with Crippen LogP contribution < -0.4 is 0 Å². The summed E-state index contributed by atoms with van der Waals surface area (Å²) in [5, 5.41) is 0. The van der Waals surface area contributed by atoms with Gasteiger partial charge >= 0.3 is 0 Å². The number of nitrogens with zero attached hydrogens (tertiary/aromatic N) is 1. The molecule has 112 valence electrons. The first-order chi connectivity index (χ1) is 9.46. The van der Waals surface area contributed by atoms with Gasteiger partial charge in [0.05, 0.1) is 6.04 Å². The number of rotatable bonds is 5. The van der Waals surface area contributed by atoms with Gasteiger partial charge in [-0.1, -0.05) is 57.9 Å². The van der Waals surface area contributed by atoms with Gasteiger partial charge in [-0.2, -0.15) is 0 Å². The van der Waals surface area contributed by atoms with Crippen LogP contribution in [0.4, 0.5) is 4.39 Å². The first-order valence-electron chi connectivity index (χ1n) is 7.41. The fraction of sp³-hybridized carbons (Fsp3) is 0.500. The number of aliphatic imine (C=N–C) groups is 1. The van der Waals surface area contributed by atoms with E-state index in [1.807, 2.05) is 13.8 Å². The lowest BCUT2D eigenvalue weighted by Gasteiger charge is -2.13. The predicted molar refractivity (Wildman–Crippen MR) is 88.1 cm³/mol. The minimum Gasteiger partial charge on any atom is -0.282 e. The quantitative estimate of drug-likeness (QED) is 0.476. The summed E-state index contributed by atoms with van der Waals surface area (Å²) in [7, 11) is 0. The second-order valence-electron chi connectivity index (χ2n) is 5.08. The Morgan fingerprint density at radius 2 is 1.65 bits per heavy atom. The molecular weight excluding hydrogens is 249 g/mol. The first-order valence-corrected chi connectivity index (χ1v) is 7.41. The van der Waals surface area contributed by atoms with Crippen LogP contribution in [0, 0.1) is 5.82 Å². The Morgan fingerprint density at radius 1 is 1.15 bits per heavy atom. The zero-order chi connectivity index (χ0) is 15.5. The molecule has 0 aliphatic rings. The third kappa shape index (κ3) is 7.22. The summed E-state index contributed by atoms with van der Waals surface area (Å²) in [6.07, 6.45) is 3.34. The second kappa shape index (κ2) is 10.4. The summed E-state index contributed by atoms with van der Waals surface area (Å²) >= 11 is 0. The maximum atomic E-state index is 12.8. The van der Waals surface area contributed by atoms with Crippen LogP contribution in [-0.4, -0.2) is 11.8 Å². The van der Waals surface area contributed by atoms with Gasteiger partial charge in [-0.15, -0.1) is 0 Å². The Balaban J connectivity index is 0.00000110. The third-order valence-corrected chi connectivity index (χ3v) is 2.74. The third-order valence-electron chi connectivity index (χ3n) is 2.74. The zero-order valence-electron chi connectivity index (χ0n) is 13.5. The Kier molecular flexibility index (Phi) is 9.61. The normalized spacial score (nSPS) is 12.4. The minimum absolute atomic E-state index is 0.171. The SMILES string of the molecule is C=C(C)C(CCC)N=C(C)c1ccc(F)cc1.CCC. The van der Waals surface area contributed by atoms with Gasteiger partial charge in [0.1, 0.15) is 5.82 Å². The molecule has 1 rings (SSSR count). The molecule has 0 fully saturated rings. The fourth-order valence-corrected chi connectivity index (χ4v) is 1.69. The summed E-state index contributed by atoms with van der Waals surface area (Å²) in [5.41, 5.74) is 2.98. The van der Waals surface area contributed by atoms with Crippen LogP contribution in [0.15, 0.2) is 41.4 Å². The summed E-state index contributed by atoms with van der Waals surface area (Å²) < 4.78 is 12.8. The van der Waals surface area contributed by atoms with Crippen molar-refractivity contribution >= 4 is 5.71 Å². The predicted octanol–water partition coefficient (Wildman–Crippen LogP) is 5.80. The Bertz CT molecular complexity index is 418. The van der Waals surface area contributed by atoms with E-state index < -0.39 is 0 Å². The van der Waals surface area contributed by atoms with Crippen molar-refractivity contribution < 1.29 is 4.39 Å². The van der Waals surface area contributed by atoms with Gasteiger partial charge in [0.15, 0.2) is 0 Å². The number of halogens is 1. The van der Waals surface area contributed by atoms with Crippen LogP contribution in [-0.2, 0) is 0 Å². The monoisotopic (exact) mass is 277 g/mol. The molecule has 0 aliphatic carbocycles. The largest absolute Gasteiger partial charge is 0.282 e. The van der Waals surface area contributed by atoms with E-state index >= 15 is 0 Å². The molecule has 0 saturated carbocycles. The molecule has 1 unspecified atom stereocenters. The van der Waals surface area contributed by atoms with Crippen LogP contribution in [0.25, 0.3) is 0 Å². The second-order valence-corrected chi connectivity index (χ2v) is 5.08. The fourth-order valence-electron chi connectivity index (χ4n) is 1.69. The molecular formula is C18H28FN. The van der Waals surface area contributed by atoms with Gasteiger partial charge in [0, 0.05) is 5.71 Å². The molecule has 20 heavy (non-hydrogen) atoms. The Morgan fingerprint density at radius 3 is 2.05 bits per heavy atom. The van der Waals surface area contributed by atoms with Crippen LogP contribution >= 0.6 is 0 Å². The van der Waals surface area contributed by atoms with Crippen molar-refractivity contribution in [3.05, 3.63) is 47.8 Å². The molecule has 0 heterocycles. The zero-order valence-corrected chi connectivity index (χ0v) is 13.5. The van der Waals surface area contributed by atoms with Crippen molar-refractivity contribution in [1.29, 1.82) is 0 Å². The maximum absolute atomic E-state index is 12.8. The first kappa shape index (κ1) is 18.6. The van der Waals surface area contributed by atoms with Crippen LogP contribution in [0.3, 0.4) is 0 Å². The smallest absolute Gasteiger partial charge is 0.123 e. The molecule has 0 spiro atoms. The molecule has 0 radical (unpaired) electrons. The molecule has 0 aliphatic heterocycles. The van der Waals surface area contributed by atoms with E-state index in [1.165, 1.54) is 18.6 Å². The highest BCUT2D eigenvalue weighted by Crippen LogP contribution is 2.13. The highest BCUT2D eigenvalue weighted by molar-refractivity contribution is 5.98. The van der Waals surface area contributed by atoms with E-state index in [2.05, 4.69) is 32.3 Å². The standard InChI is InChI=1S/C15H20FN.C3H8/c1-5-6-15(11(2)3)17-12(4)13-7-9-14(16)10-8-13;1-3-2/h7-10,15H,2,5-6H2,1,3-4H3;3H2,1-2H3. The van der Waals surface area contributed by atoms with E-state index in [4.69, 9.17) is 0 Å². The number of hydrogen-bond acceptors (Lipinski definition) is 1. The van der Waals surface area contributed by atoms with Crippen molar-refractivity contribution in [2.75, 3.05) is 0 Å². The molecule has 0 saturated heterocycles. The van der Waals surface area contributed by atoms with Gasteiger partial charge in [-0.3, -0.25) is 4.99 Å². The summed E-state index contributed by atoms with van der Waals surface area (Å²) in [6.45, 7) is 14.3. The highest BCUT2D eigenvalue weighted by atomic mass is 19.1. The van der Waals surface area contributed by atoms with E-state index in [1.54, 1.807) is 12.1 Å². The highest BCUT2D eigenvalue weighted by Gasteiger charge is 2.07. The lowest BCUT2D eigenvalue weighted by Crippen LogP contribution is -2.09. The lowest BCUT2D eigenvalue weighted by atomic mass is 10.0. The van der Waals surface area contributed by atoms with Gasteiger partial charge < -0.3 is 0 Å². The summed E-state index contributed by atoms with van der Waals surface area (Å²) in [4.78, 5) is 4.66. The van der Waals surface area contributed by atoms with Gasteiger partial charge in [0.2, 0.25) is 0 Å². The molecule has 1 aromatic carbocycles. The van der Waals surface area contributed by atoms with Crippen LogP contribution in [0.5, 0.6) is 0 Å². The molecule has 1 aromatic rings. The molecule has 2 heteroatoms. The van der Waals surface area contributed by atoms with E-state index in [9.17, 15) is 4.39 Å². The van der Waals surface area contributed by atoms with E-state index in [0.717, 1.165) is 29.7 Å². The van der Waals surface area contributed by atoms with Crippen LogP contribution in [0.2, 0.25) is 0 Å². The average Bonchev–Trinajstić information content (AvgIpc) is 2.39. The molecule has 0 bridgehead atoms. The van der Waals surface area contributed by atoms with Crippen molar-refractivity contribution in [2.24, 2.45) is 4.99 Å². The van der Waals surface area contributed by atoms with E-state index in [-0.39, 0.29) is 11.9 Å². The minimum atomic E-state index is -0.216. The summed E-state index contributed by atoms with van der Waals surface area (Å²) in [5.74, 6) is -0.216. The van der Waals surface area contributed by atoms with Gasteiger partial charge in [0.25, 0.3) is 0 Å². The summed E-state index contributed by atoms with van der Waals surface area (Å²) in [6, 6.07) is 6.61. The van der Waals surface area contributed by atoms with Crippen LogP contribution in [0.1, 0.15) is 59.4 Å². The maximum Gasteiger partial charge on any atom is 0.123 e. The molecule has 0 N–H and O–H groups in total. The lowest BCUT2D eigenvalue weighted by molar-refractivity contribution is 0.627. The average molecular weight is 277 g/mol. The molecule has 1 nitrogen and oxygen atoms in total. The number of hydrogen-bond donors (Lipinski definition) is 0. The molecule has 0 amide bonds. The topological polar surface area (TPSA) is 12.4 Å². The van der Waals surface area contributed by atoms with Crippen molar-refractivity contribution in [1.82, 2.24) is 0 Å². The molecule has 1 atom stereocenters. The number of benzene rings is 1. The van der Waals surface area contributed by atoms with Gasteiger partial charge in [-0.25, -0.2) is 4.39 Å². The van der Waals surface area contributed by atoms with Crippen molar-refractivity contribution in [3.63, 3.8) is 0 Å². The Labute approximate surface area is 123 Å².